The van der Waals surface area contributed by atoms with Crippen molar-refractivity contribution in [2.24, 2.45) is 0 Å². The monoisotopic (exact) mass is 278 g/mol. The molecule has 2 N–H and O–H groups in total. The van der Waals surface area contributed by atoms with E-state index in [2.05, 4.69) is 5.32 Å². The summed E-state index contributed by atoms with van der Waals surface area (Å²) in [6.07, 6.45) is 1.09. The molecule has 0 heterocycles. The number of rotatable bonds is 6. The maximum atomic E-state index is 12.0. The molecule has 0 saturated heterocycles. The van der Waals surface area contributed by atoms with Gasteiger partial charge < -0.3 is 15.3 Å². The molecule has 0 bridgehead atoms. The molecule has 1 rings (SSSR count). The second-order valence-electron chi connectivity index (χ2n) is 4.90. The quantitative estimate of drug-likeness (QED) is 0.837. The minimum atomic E-state index is -1.03. The summed E-state index contributed by atoms with van der Waals surface area (Å²) in [5, 5.41) is 11.8. The van der Waals surface area contributed by atoms with Crippen molar-refractivity contribution >= 4 is 12.0 Å². The van der Waals surface area contributed by atoms with E-state index in [1.54, 1.807) is 7.05 Å². The Morgan fingerprint density at radius 1 is 1.30 bits per heavy atom. The molecule has 0 aliphatic heterocycles. The SMILES string of the molecule is CCC(C)N(C)C(=O)N[C@@H](Cc1ccccc1)C(=O)O. The first-order valence-corrected chi connectivity index (χ1v) is 6.75. The van der Waals surface area contributed by atoms with Crippen molar-refractivity contribution in [2.75, 3.05) is 7.05 Å². The maximum absolute atomic E-state index is 12.0. The molecule has 0 aromatic heterocycles. The highest BCUT2D eigenvalue weighted by Gasteiger charge is 2.23. The fourth-order valence-electron chi connectivity index (χ4n) is 1.77. The predicted octanol–water partition coefficient (Wildman–Crippen LogP) is 2.12. The summed E-state index contributed by atoms with van der Waals surface area (Å²) in [6.45, 7) is 3.90. The first kappa shape index (κ1) is 16.0. The number of carbonyl (C=O) groups excluding carboxylic acids is 1. The van der Waals surface area contributed by atoms with Crippen LogP contribution in [0.25, 0.3) is 0 Å². The summed E-state index contributed by atoms with van der Waals surface area (Å²) in [5.41, 5.74) is 0.881. The molecule has 0 spiro atoms. The van der Waals surface area contributed by atoms with Crippen molar-refractivity contribution in [1.29, 1.82) is 0 Å². The third-order valence-corrected chi connectivity index (χ3v) is 3.45. The largest absolute Gasteiger partial charge is 0.480 e. The normalized spacial score (nSPS) is 13.3. The number of nitrogens with zero attached hydrogens (tertiary/aromatic N) is 1. The third-order valence-electron chi connectivity index (χ3n) is 3.45. The molecule has 0 aliphatic rings. The molecule has 2 atom stereocenters. The minimum absolute atomic E-state index is 0.0705. The van der Waals surface area contributed by atoms with Crippen LogP contribution in [0.3, 0.4) is 0 Å². The molecule has 0 fully saturated rings. The van der Waals surface area contributed by atoms with Crippen LogP contribution in [0.2, 0.25) is 0 Å². The van der Waals surface area contributed by atoms with Crippen LogP contribution >= 0.6 is 0 Å². The number of urea groups is 1. The Balaban J connectivity index is 2.68. The van der Waals surface area contributed by atoms with Gasteiger partial charge in [0.2, 0.25) is 0 Å². The van der Waals surface area contributed by atoms with Gasteiger partial charge in [-0.25, -0.2) is 9.59 Å². The number of carboxylic acids is 1. The van der Waals surface area contributed by atoms with Crippen LogP contribution in [-0.2, 0) is 11.2 Å². The average Bonchev–Trinajstić information content (AvgIpc) is 2.45. The zero-order valence-electron chi connectivity index (χ0n) is 12.2. The molecule has 0 radical (unpaired) electrons. The average molecular weight is 278 g/mol. The highest BCUT2D eigenvalue weighted by Crippen LogP contribution is 2.05. The summed E-state index contributed by atoms with van der Waals surface area (Å²) in [4.78, 5) is 24.8. The van der Waals surface area contributed by atoms with E-state index in [-0.39, 0.29) is 18.5 Å². The van der Waals surface area contributed by atoms with E-state index in [4.69, 9.17) is 0 Å². The van der Waals surface area contributed by atoms with Gasteiger partial charge >= 0.3 is 12.0 Å². The summed E-state index contributed by atoms with van der Waals surface area (Å²) < 4.78 is 0. The van der Waals surface area contributed by atoms with Crippen LogP contribution in [0.1, 0.15) is 25.8 Å². The predicted molar refractivity (Wildman–Crippen MR) is 77.6 cm³/mol. The number of benzene rings is 1. The molecule has 2 amide bonds. The number of aliphatic carboxylic acids is 1. The Hall–Kier alpha value is -2.04. The van der Waals surface area contributed by atoms with Crippen molar-refractivity contribution < 1.29 is 14.7 Å². The number of nitrogens with one attached hydrogen (secondary N) is 1. The highest BCUT2D eigenvalue weighted by atomic mass is 16.4. The van der Waals surface area contributed by atoms with E-state index in [1.165, 1.54) is 4.90 Å². The first-order chi connectivity index (χ1) is 9.45. The molecular weight excluding hydrogens is 256 g/mol. The zero-order valence-corrected chi connectivity index (χ0v) is 12.2. The lowest BCUT2D eigenvalue weighted by Crippen LogP contribution is -2.49. The van der Waals surface area contributed by atoms with Crippen molar-refractivity contribution in [3.8, 4) is 0 Å². The zero-order chi connectivity index (χ0) is 15.1. The second kappa shape index (κ2) is 7.53. The maximum Gasteiger partial charge on any atom is 0.326 e. The number of carbonyl (C=O) groups is 2. The van der Waals surface area contributed by atoms with Gasteiger partial charge in [-0.15, -0.1) is 0 Å². The number of amides is 2. The minimum Gasteiger partial charge on any atom is -0.480 e. The Morgan fingerprint density at radius 3 is 2.40 bits per heavy atom. The van der Waals surface area contributed by atoms with Crippen molar-refractivity contribution in [2.45, 2.75) is 38.8 Å². The molecule has 0 saturated carbocycles. The lowest BCUT2D eigenvalue weighted by atomic mass is 10.1. The third kappa shape index (κ3) is 4.57. The van der Waals surface area contributed by atoms with E-state index < -0.39 is 12.0 Å². The van der Waals surface area contributed by atoms with Crippen molar-refractivity contribution in [3.05, 3.63) is 35.9 Å². The van der Waals surface area contributed by atoms with Gasteiger partial charge in [-0.05, 0) is 18.9 Å². The van der Waals surface area contributed by atoms with Crippen LogP contribution in [0.15, 0.2) is 30.3 Å². The van der Waals surface area contributed by atoms with Crippen molar-refractivity contribution in [3.63, 3.8) is 0 Å². The van der Waals surface area contributed by atoms with Crippen LogP contribution in [0, 0.1) is 0 Å². The van der Waals surface area contributed by atoms with Gasteiger partial charge in [0.15, 0.2) is 0 Å². The fraction of sp³-hybridized carbons (Fsp3) is 0.467. The Morgan fingerprint density at radius 2 is 1.90 bits per heavy atom. The molecule has 1 unspecified atom stereocenters. The van der Waals surface area contributed by atoms with Gasteiger partial charge in [0, 0.05) is 19.5 Å². The molecule has 5 heteroatoms. The molecule has 1 aromatic carbocycles. The molecule has 5 nitrogen and oxygen atoms in total. The van der Waals surface area contributed by atoms with Crippen molar-refractivity contribution in [1.82, 2.24) is 10.2 Å². The summed E-state index contributed by atoms with van der Waals surface area (Å²) >= 11 is 0. The summed E-state index contributed by atoms with van der Waals surface area (Å²) in [5.74, 6) is -1.03. The van der Waals surface area contributed by atoms with Gasteiger partial charge in [0.05, 0.1) is 0 Å². The van der Waals surface area contributed by atoms with E-state index >= 15 is 0 Å². The Kier molecular flexibility index (Phi) is 6.03. The highest BCUT2D eigenvalue weighted by molar-refractivity contribution is 5.82. The van der Waals surface area contributed by atoms with Crippen LogP contribution in [-0.4, -0.2) is 41.1 Å². The van der Waals surface area contributed by atoms with Gasteiger partial charge in [-0.3, -0.25) is 0 Å². The summed E-state index contributed by atoms with van der Waals surface area (Å²) in [7, 11) is 1.67. The van der Waals surface area contributed by atoms with Gasteiger partial charge in [0.1, 0.15) is 6.04 Å². The van der Waals surface area contributed by atoms with Gasteiger partial charge in [-0.2, -0.15) is 0 Å². The number of hydrogen-bond donors (Lipinski definition) is 2. The van der Waals surface area contributed by atoms with Crippen LogP contribution in [0.4, 0.5) is 4.79 Å². The van der Waals surface area contributed by atoms with E-state index in [0.29, 0.717) is 0 Å². The molecule has 0 aliphatic carbocycles. The number of carboxylic acid groups (broad SMARTS) is 1. The number of hydrogen-bond acceptors (Lipinski definition) is 2. The van der Waals surface area contributed by atoms with E-state index in [9.17, 15) is 14.7 Å². The Labute approximate surface area is 119 Å². The smallest absolute Gasteiger partial charge is 0.326 e. The standard InChI is InChI=1S/C15H22N2O3/c1-4-11(2)17(3)15(20)16-13(14(18)19)10-12-8-6-5-7-9-12/h5-9,11,13H,4,10H2,1-3H3,(H,16,20)(H,18,19)/t11?,13-/m0/s1. The van der Waals surface area contributed by atoms with E-state index in [1.807, 2.05) is 44.2 Å². The lowest BCUT2D eigenvalue weighted by Gasteiger charge is -2.26. The van der Waals surface area contributed by atoms with Crippen LogP contribution in [0.5, 0.6) is 0 Å². The second-order valence-corrected chi connectivity index (χ2v) is 4.90. The molecule has 20 heavy (non-hydrogen) atoms. The van der Waals surface area contributed by atoms with E-state index in [0.717, 1.165) is 12.0 Å². The van der Waals surface area contributed by atoms with Gasteiger partial charge in [-0.1, -0.05) is 37.3 Å². The lowest BCUT2D eigenvalue weighted by molar-refractivity contribution is -0.139. The molecule has 110 valence electrons. The summed E-state index contributed by atoms with van der Waals surface area (Å²) in [6, 6.07) is 8.05. The molecule has 1 aromatic rings. The van der Waals surface area contributed by atoms with Gasteiger partial charge in [0.25, 0.3) is 0 Å². The Bertz CT molecular complexity index is 448. The first-order valence-electron chi connectivity index (χ1n) is 6.75. The fourth-order valence-corrected chi connectivity index (χ4v) is 1.77. The van der Waals surface area contributed by atoms with Crippen LogP contribution < -0.4 is 5.32 Å². The molecular formula is C15H22N2O3. The topological polar surface area (TPSA) is 69.6 Å².